The maximum atomic E-state index is 6.36. The Kier molecular flexibility index (Phi) is 8.06. The summed E-state index contributed by atoms with van der Waals surface area (Å²) in [7, 11) is 0. The molecule has 1 aliphatic rings. The predicted molar refractivity (Wildman–Crippen MR) is 142 cm³/mol. The second kappa shape index (κ2) is 11.2. The highest BCUT2D eigenvalue weighted by atomic mass is 35.5. The third kappa shape index (κ3) is 5.53. The minimum Gasteiger partial charge on any atom is -0.353 e. The van der Waals surface area contributed by atoms with Crippen molar-refractivity contribution in [3.05, 3.63) is 88.3 Å². The van der Waals surface area contributed by atoms with Crippen LogP contribution in [0.3, 0.4) is 0 Å². The first kappa shape index (κ1) is 24.5. The van der Waals surface area contributed by atoms with Crippen LogP contribution in [0.15, 0.2) is 67.1 Å². The summed E-state index contributed by atoms with van der Waals surface area (Å²) in [6.45, 7) is 5.27. The first-order valence-corrected chi connectivity index (χ1v) is 11.7. The molecular weight excluding hydrogens is 491 g/mol. The van der Waals surface area contributed by atoms with Crippen molar-refractivity contribution in [2.75, 3.05) is 37.6 Å². The Hall–Kier alpha value is -2.64. The summed E-state index contributed by atoms with van der Waals surface area (Å²) < 4.78 is 1.86. The topological polar surface area (TPSA) is 50.1 Å². The van der Waals surface area contributed by atoms with Crippen molar-refractivity contribution in [2.45, 2.75) is 6.54 Å². The van der Waals surface area contributed by atoms with Gasteiger partial charge in [-0.05, 0) is 23.3 Å². The van der Waals surface area contributed by atoms with Gasteiger partial charge in [-0.3, -0.25) is 4.90 Å². The summed E-state index contributed by atoms with van der Waals surface area (Å²) >= 11 is 12.4. The summed E-state index contributed by atoms with van der Waals surface area (Å²) in [6.07, 6.45) is 7.89. The molecule has 5 rings (SSSR count). The Morgan fingerprint density at radius 1 is 0.941 bits per heavy atom. The van der Waals surface area contributed by atoms with E-state index in [0.717, 1.165) is 55.1 Å². The number of piperazine rings is 1. The van der Waals surface area contributed by atoms with Crippen LogP contribution in [0.4, 0.5) is 5.82 Å². The maximum absolute atomic E-state index is 6.36. The number of nitrogens with zero attached hydrogens (tertiary/aromatic N) is 6. The van der Waals surface area contributed by atoms with Crippen molar-refractivity contribution in [3.8, 4) is 0 Å². The standard InChI is InChI=1S/C25H24Cl2N6.ClH/c26-21-9-8-20(23(27)15-21)17-33-25-22(16-30-33)24(28-18-29-25)32-13-11-31(12-14-32)10-4-7-19-5-2-1-3-6-19;/h1-9,15-16,18H,10-14,17H2;1H. The molecule has 0 unspecified atom stereocenters. The molecule has 1 saturated heterocycles. The third-order valence-electron chi connectivity index (χ3n) is 5.89. The second-order valence-electron chi connectivity index (χ2n) is 8.07. The van der Waals surface area contributed by atoms with Crippen LogP contribution in [0.25, 0.3) is 17.1 Å². The molecule has 3 heterocycles. The van der Waals surface area contributed by atoms with Crippen molar-refractivity contribution < 1.29 is 0 Å². The molecule has 0 amide bonds. The minimum absolute atomic E-state index is 0. The van der Waals surface area contributed by atoms with Gasteiger partial charge in [0.15, 0.2) is 5.65 Å². The van der Waals surface area contributed by atoms with Gasteiger partial charge in [0, 0.05) is 42.8 Å². The fraction of sp³-hybridized carbons (Fsp3) is 0.240. The Bertz CT molecular complexity index is 1270. The number of rotatable bonds is 6. The highest BCUT2D eigenvalue weighted by Crippen LogP contribution is 2.26. The Morgan fingerprint density at radius 2 is 1.74 bits per heavy atom. The lowest BCUT2D eigenvalue weighted by atomic mass is 10.2. The van der Waals surface area contributed by atoms with E-state index in [1.807, 2.05) is 29.1 Å². The van der Waals surface area contributed by atoms with Crippen LogP contribution >= 0.6 is 35.6 Å². The molecule has 6 nitrogen and oxygen atoms in total. The van der Waals surface area contributed by atoms with E-state index in [1.165, 1.54) is 5.56 Å². The smallest absolute Gasteiger partial charge is 0.163 e. The van der Waals surface area contributed by atoms with Crippen molar-refractivity contribution in [1.29, 1.82) is 0 Å². The van der Waals surface area contributed by atoms with E-state index in [0.29, 0.717) is 16.6 Å². The second-order valence-corrected chi connectivity index (χ2v) is 8.92. The fourth-order valence-electron chi connectivity index (χ4n) is 4.10. The molecule has 0 spiro atoms. The number of hydrogen-bond acceptors (Lipinski definition) is 5. The molecule has 0 bridgehead atoms. The Balaban J connectivity index is 0.00000274. The number of benzene rings is 2. The molecule has 0 atom stereocenters. The molecule has 0 aliphatic carbocycles. The van der Waals surface area contributed by atoms with Crippen LogP contribution in [0, 0.1) is 0 Å². The zero-order valence-electron chi connectivity index (χ0n) is 18.5. The summed E-state index contributed by atoms with van der Waals surface area (Å²) in [5, 5.41) is 6.77. The van der Waals surface area contributed by atoms with Gasteiger partial charge in [-0.25, -0.2) is 14.6 Å². The number of hydrogen-bond donors (Lipinski definition) is 0. The van der Waals surface area contributed by atoms with Gasteiger partial charge in [0.2, 0.25) is 0 Å². The lowest BCUT2D eigenvalue weighted by Crippen LogP contribution is -2.46. The van der Waals surface area contributed by atoms with Crippen molar-refractivity contribution in [1.82, 2.24) is 24.6 Å². The van der Waals surface area contributed by atoms with E-state index in [1.54, 1.807) is 12.4 Å². The lowest BCUT2D eigenvalue weighted by molar-refractivity contribution is 0.284. The van der Waals surface area contributed by atoms with E-state index in [-0.39, 0.29) is 12.4 Å². The molecule has 0 saturated carbocycles. The molecule has 176 valence electrons. The van der Waals surface area contributed by atoms with Gasteiger partial charge in [-0.2, -0.15) is 5.10 Å². The highest BCUT2D eigenvalue weighted by Gasteiger charge is 2.21. The summed E-state index contributed by atoms with van der Waals surface area (Å²) in [5.74, 6) is 0.938. The minimum atomic E-state index is 0. The number of fused-ring (bicyclic) bond motifs is 1. The summed E-state index contributed by atoms with van der Waals surface area (Å²) in [4.78, 5) is 13.9. The first-order chi connectivity index (χ1) is 16.2. The first-order valence-electron chi connectivity index (χ1n) is 11.0. The van der Waals surface area contributed by atoms with Gasteiger partial charge >= 0.3 is 0 Å². The number of anilines is 1. The molecule has 1 aliphatic heterocycles. The van der Waals surface area contributed by atoms with Crippen LogP contribution in [-0.2, 0) is 6.54 Å². The monoisotopic (exact) mass is 514 g/mol. The van der Waals surface area contributed by atoms with E-state index in [4.69, 9.17) is 23.2 Å². The van der Waals surface area contributed by atoms with Crippen molar-refractivity contribution in [3.63, 3.8) is 0 Å². The summed E-state index contributed by atoms with van der Waals surface area (Å²) in [6, 6.07) is 15.9. The van der Waals surface area contributed by atoms with Gasteiger partial charge < -0.3 is 4.90 Å². The maximum Gasteiger partial charge on any atom is 0.163 e. The van der Waals surface area contributed by atoms with Crippen LogP contribution in [0.5, 0.6) is 0 Å². The van der Waals surface area contributed by atoms with E-state index >= 15 is 0 Å². The van der Waals surface area contributed by atoms with E-state index in [9.17, 15) is 0 Å². The average molecular weight is 516 g/mol. The molecule has 1 fully saturated rings. The largest absolute Gasteiger partial charge is 0.353 e. The van der Waals surface area contributed by atoms with Crippen LogP contribution < -0.4 is 4.90 Å². The Labute approximate surface area is 215 Å². The molecule has 2 aromatic heterocycles. The van der Waals surface area contributed by atoms with Crippen LogP contribution in [0.1, 0.15) is 11.1 Å². The molecule has 2 aromatic carbocycles. The number of aromatic nitrogens is 4. The highest BCUT2D eigenvalue weighted by molar-refractivity contribution is 6.35. The van der Waals surface area contributed by atoms with Crippen LogP contribution in [0.2, 0.25) is 10.0 Å². The number of halogens is 3. The van der Waals surface area contributed by atoms with E-state index in [2.05, 4.69) is 61.3 Å². The van der Waals surface area contributed by atoms with Gasteiger partial charge in [0.25, 0.3) is 0 Å². The zero-order chi connectivity index (χ0) is 22.6. The average Bonchev–Trinajstić information content (AvgIpc) is 3.25. The quantitative estimate of drug-likeness (QED) is 0.342. The van der Waals surface area contributed by atoms with Crippen LogP contribution in [-0.4, -0.2) is 57.4 Å². The SMILES string of the molecule is Cl.Clc1ccc(Cn2ncc3c(N4CCN(CC=Cc5ccccc5)CC4)ncnc32)c(Cl)c1. The lowest BCUT2D eigenvalue weighted by Gasteiger charge is -2.35. The molecule has 0 radical (unpaired) electrons. The fourth-order valence-corrected chi connectivity index (χ4v) is 4.57. The molecular formula is C25H25Cl3N6. The zero-order valence-corrected chi connectivity index (χ0v) is 20.8. The van der Waals surface area contributed by atoms with Gasteiger partial charge in [0.05, 0.1) is 18.1 Å². The van der Waals surface area contributed by atoms with E-state index < -0.39 is 0 Å². The molecule has 4 aromatic rings. The molecule has 0 N–H and O–H groups in total. The summed E-state index contributed by atoms with van der Waals surface area (Å²) in [5.41, 5.74) is 2.99. The van der Waals surface area contributed by atoms with Crippen molar-refractivity contribution >= 4 is 58.5 Å². The Morgan fingerprint density at radius 3 is 2.50 bits per heavy atom. The van der Waals surface area contributed by atoms with Gasteiger partial charge in [-0.15, -0.1) is 12.4 Å². The third-order valence-corrected chi connectivity index (χ3v) is 6.48. The van der Waals surface area contributed by atoms with Crippen molar-refractivity contribution in [2.24, 2.45) is 0 Å². The molecule has 9 heteroatoms. The van der Waals surface area contributed by atoms with Gasteiger partial charge in [-0.1, -0.05) is 71.8 Å². The van der Waals surface area contributed by atoms with Gasteiger partial charge in [0.1, 0.15) is 12.1 Å². The predicted octanol–water partition coefficient (Wildman–Crippen LogP) is 5.44. The molecule has 34 heavy (non-hydrogen) atoms. The normalized spacial score (nSPS) is 14.6.